The first kappa shape index (κ1) is 22.2. The van der Waals surface area contributed by atoms with E-state index in [1.165, 1.54) is 29.1 Å². The number of amides is 1. The van der Waals surface area contributed by atoms with Gasteiger partial charge in [0.2, 0.25) is 0 Å². The molecule has 2 aromatic carbocycles. The molecule has 0 unspecified atom stereocenters. The fourth-order valence-corrected chi connectivity index (χ4v) is 5.92. The van der Waals surface area contributed by atoms with E-state index in [-0.39, 0.29) is 18.3 Å². The molecule has 0 saturated carbocycles. The Balaban J connectivity index is 0.00000261. The molecular formula is C21H27ClN2OS2. The van der Waals surface area contributed by atoms with Crippen molar-refractivity contribution < 1.29 is 4.79 Å². The maximum Gasteiger partial charge on any atom is 0.253 e. The van der Waals surface area contributed by atoms with E-state index in [0.29, 0.717) is 24.2 Å². The predicted molar refractivity (Wildman–Crippen MR) is 121 cm³/mol. The highest BCUT2D eigenvalue weighted by Gasteiger charge is 2.19. The number of carbonyl (C=O) groups excluding carboxylic acids is 1. The summed E-state index contributed by atoms with van der Waals surface area (Å²) in [4.78, 5) is 14.8. The van der Waals surface area contributed by atoms with Crippen molar-refractivity contribution in [2.24, 2.45) is 5.73 Å². The molecule has 3 nitrogen and oxygen atoms in total. The number of carbonyl (C=O) groups is 1. The minimum atomic E-state index is 0. The number of hydrogen-bond acceptors (Lipinski definition) is 4. The largest absolute Gasteiger partial charge is 0.337 e. The number of hydrogen-bond donors (Lipinski definition) is 1. The van der Waals surface area contributed by atoms with Gasteiger partial charge in [0.25, 0.3) is 5.91 Å². The topological polar surface area (TPSA) is 46.3 Å². The summed E-state index contributed by atoms with van der Waals surface area (Å²) in [7, 11) is 0. The third-order valence-electron chi connectivity index (χ3n) is 4.46. The lowest BCUT2D eigenvalue weighted by atomic mass is 10.1. The van der Waals surface area contributed by atoms with Gasteiger partial charge < -0.3 is 10.6 Å². The van der Waals surface area contributed by atoms with E-state index in [0.717, 1.165) is 12.0 Å². The molecule has 3 rings (SSSR count). The number of nitrogens with two attached hydrogens (primary N) is 1. The first-order valence-electron chi connectivity index (χ1n) is 9.14. The van der Waals surface area contributed by atoms with Crippen molar-refractivity contribution in [3.05, 3.63) is 71.3 Å². The summed E-state index contributed by atoms with van der Waals surface area (Å²) < 4.78 is 0.506. The Labute approximate surface area is 176 Å². The summed E-state index contributed by atoms with van der Waals surface area (Å²) in [5, 5.41) is 0. The Kier molecular flexibility index (Phi) is 9.56. The number of halogens is 1. The van der Waals surface area contributed by atoms with Crippen LogP contribution in [-0.4, -0.2) is 41.9 Å². The van der Waals surface area contributed by atoms with E-state index in [2.05, 4.69) is 24.3 Å². The smallest absolute Gasteiger partial charge is 0.253 e. The number of nitrogens with zero attached hydrogens (tertiary/aromatic N) is 1. The highest BCUT2D eigenvalue weighted by atomic mass is 35.5. The summed E-state index contributed by atoms with van der Waals surface area (Å²) in [5.41, 5.74) is 9.04. The first-order valence-corrected chi connectivity index (χ1v) is 11.2. The van der Waals surface area contributed by atoms with Crippen LogP contribution >= 0.6 is 35.9 Å². The zero-order valence-corrected chi connectivity index (χ0v) is 17.8. The maximum atomic E-state index is 12.9. The lowest BCUT2D eigenvalue weighted by Crippen LogP contribution is -2.36. The van der Waals surface area contributed by atoms with Crippen molar-refractivity contribution in [2.45, 2.75) is 17.4 Å². The number of benzene rings is 2. The summed E-state index contributed by atoms with van der Waals surface area (Å²) in [6.07, 6.45) is 2.14. The molecule has 27 heavy (non-hydrogen) atoms. The van der Waals surface area contributed by atoms with Gasteiger partial charge in [0.05, 0.1) is 4.58 Å². The van der Waals surface area contributed by atoms with Crippen LogP contribution < -0.4 is 5.73 Å². The monoisotopic (exact) mass is 422 g/mol. The predicted octanol–water partition coefficient (Wildman–Crippen LogP) is 4.62. The molecular weight excluding hydrogens is 396 g/mol. The standard InChI is InChI=1S/C21H26N2OS2.ClH/c22-12-14-23(13-11-17-5-2-1-3-6-17)20(24)18-7-9-19(10-8-18)21-25-15-4-16-26-21;/h1-3,5-10,21H,4,11-16,22H2;1H. The van der Waals surface area contributed by atoms with E-state index >= 15 is 0 Å². The molecule has 0 bridgehead atoms. The lowest BCUT2D eigenvalue weighted by Gasteiger charge is -2.23. The molecule has 0 atom stereocenters. The molecule has 1 aliphatic rings. The van der Waals surface area contributed by atoms with Crippen LogP contribution in [0.3, 0.4) is 0 Å². The third kappa shape index (κ3) is 6.46. The second-order valence-corrected chi connectivity index (χ2v) is 9.09. The Hall–Kier alpha value is -1.14. The van der Waals surface area contributed by atoms with Gasteiger partial charge in [0, 0.05) is 25.2 Å². The highest BCUT2D eigenvalue weighted by molar-refractivity contribution is 8.16. The third-order valence-corrected chi connectivity index (χ3v) is 7.47. The van der Waals surface area contributed by atoms with E-state index in [9.17, 15) is 4.79 Å². The van der Waals surface area contributed by atoms with Crippen LogP contribution in [-0.2, 0) is 6.42 Å². The average Bonchev–Trinajstić information content (AvgIpc) is 2.72. The highest BCUT2D eigenvalue weighted by Crippen LogP contribution is 2.43. The van der Waals surface area contributed by atoms with Gasteiger partial charge >= 0.3 is 0 Å². The molecule has 6 heteroatoms. The molecule has 1 amide bonds. The zero-order valence-electron chi connectivity index (χ0n) is 15.4. The Bertz CT molecular complexity index is 691. The normalized spacial score (nSPS) is 14.4. The Morgan fingerprint density at radius 3 is 2.30 bits per heavy atom. The second kappa shape index (κ2) is 11.6. The number of rotatable bonds is 7. The van der Waals surface area contributed by atoms with Crippen LogP contribution in [0.25, 0.3) is 0 Å². The molecule has 146 valence electrons. The van der Waals surface area contributed by atoms with Crippen LogP contribution in [0.5, 0.6) is 0 Å². The summed E-state index contributed by atoms with van der Waals surface area (Å²) in [6.45, 7) is 1.76. The minimum absolute atomic E-state index is 0. The van der Waals surface area contributed by atoms with Crippen molar-refractivity contribution in [3.63, 3.8) is 0 Å². The average molecular weight is 423 g/mol. The lowest BCUT2D eigenvalue weighted by molar-refractivity contribution is 0.0762. The SMILES string of the molecule is Cl.NCCN(CCc1ccccc1)C(=O)c1ccc(C2SCCCS2)cc1. The van der Waals surface area contributed by atoms with E-state index < -0.39 is 0 Å². The molecule has 1 aliphatic heterocycles. The van der Waals surface area contributed by atoms with Gasteiger partial charge in [-0.3, -0.25) is 4.79 Å². The van der Waals surface area contributed by atoms with Gasteiger partial charge in [0.1, 0.15) is 0 Å². The quantitative estimate of drug-likeness (QED) is 0.707. The molecule has 0 aliphatic carbocycles. The molecule has 2 N–H and O–H groups in total. The number of thioether (sulfide) groups is 2. The van der Waals surface area contributed by atoms with Gasteiger partial charge in [-0.1, -0.05) is 42.5 Å². The van der Waals surface area contributed by atoms with Gasteiger partial charge in [-0.2, -0.15) is 0 Å². The van der Waals surface area contributed by atoms with Crippen molar-refractivity contribution in [1.82, 2.24) is 4.90 Å². The van der Waals surface area contributed by atoms with Gasteiger partial charge in [-0.05, 0) is 47.6 Å². The zero-order chi connectivity index (χ0) is 18.2. The van der Waals surface area contributed by atoms with Crippen LogP contribution in [0.1, 0.15) is 32.5 Å². The van der Waals surface area contributed by atoms with Crippen LogP contribution in [0.15, 0.2) is 54.6 Å². The molecule has 0 spiro atoms. The molecule has 0 radical (unpaired) electrons. The van der Waals surface area contributed by atoms with E-state index in [1.807, 2.05) is 58.8 Å². The maximum absolute atomic E-state index is 12.9. The molecule has 1 saturated heterocycles. The summed E-state index contributed by atoms with van der Waals surface area (Å²) >= 11 is 4.00. The van der Waals surface area contributed by atoms with Crippen molar-refractivity contribution in [3.8, 4) is 0 Å². The first-order chi connectivity index (χ1) is 12.8. The fourth-order valence-electron chi connectivity index (χ4n) is 3.03. The van der Waals surface area contributed by atoms with Gasteiger partial charge in [-0.15, -0.1) is 35.9 Å². The van der Waals surface area contributed by atoms with Gasteiger partial charge in [-0.25, -0.2) is 0 Å². The van der Waals surface area contributed by atoms with Crippen LogP contribution in [0.4, 0.5) is 0 Å². The minimum Gasteiger partial charge on any atom is -0.337 e. The summed E-state index contributed by atoms with van der Waals surface area (Å²) in [6, 6.07) is 18.4. The molecule has 1 fully saturated rings. The van der Waals surface area contributed by atoms with Crippen molar-refractivity contribution >= 4 is 41.8 Å². The molecule has 1 heterocycles. The molecule has 0 aromatic heterocycles. The second-order valence-electron chi connectivity index (χ2n) is 6.37. The Morgan fingerprint density at radius 1 is 1.00 bits per heavy atom. The van der Waals surface area contributed by atoms with Gasteiger partial charge in [0.15, 0.2) is 0 Å². The van der Waals surface area contributed by atoms with E-state index in [1.54, 1.807) is 0 Å². The van der Waals surface area contributed by atoms with Crippen LogP contribution in [0, 0.1) is 0 Å². The molecule has 2 aromatic rings. The van der Waals surface area contributed by atoms with Crippen LogP contribution in [0.2, 0.25) is 0 Å². The van der Waals surface area contributed by atoms with Crippen molar-refractivity contribution in [1.29, 1.82) is 0 Å². The van der Waals surface area contributed by atoms with E-state index in [4.69, 9.17) is 5.73 Å². The Morgan fingerprint density at radius 2 is 1.67 bits per heavy atom. The fraction of sp³-hybridized carbons (Fsp3) is 0.381. The van der Waals surface area contributed by atoms with Crippen molar-refractivity contribution in [2.75, 3.05) is 31.1 Å². The summed E-state index contributed by atoms with van der Waals surface area (Å²) in [5.74, 6) is 2.52.